The molecule has 0 aromatic heterocycles. The summed E-state index contributed by atoms with van der Waals surface area (Å²) in [5.41, 5.74) is 9.76. The molecule has 0 radical (unpaired) electrons. The lowest BCUT2D eigenvalue weighted by Crippen LogP contribution is -2.52. The first-order valence-corrected chi connectivity index (χ1v) is 10.4. The van der Waals surface area contributed by atoms with Crippen LogP contribution in [-0.2, 0) is 9.53 Å². The van der Waals surface area contributed by atoms with Crippen molar-refractivity contribution in [3.63, 3.8) is 0 Å². The van der Waals surface area contributed by atoms with E-state index in [9.17, 15) is 13.6 Å². The molecule has 2 aliphatic rings. The molecule has 2 aliphatic heterocycles. The first-order chi connectivity index (χ1) is 14.7. The van der Waals surface area contributed by atoms with E-state index in [2.05, 4.69) is 31.9 Å². The second-order valence-corrected chi connectivity index (χ2v) is 8.17. The number of ether oxygens (including phenoxy) is 1. The summed E-state index contributed by atoms with van der Waals surface area (Å²) in [6.07, 6.45) is 0.831. The zero-order valence-corrected chi connectivity index (χ0v) is 18.2. The molecule has 0 bridgehead atoms. The summed E-state index contributed by atoms with van der Waals surface area (Å²) in [6.45, 7) is 4.35. The third-order valence-corrected chi connectivity index (χ3v) is 5.28. The second-order valence-electron chi connectivity index (χ2n) is 8.17. The molecule has 0 spiro atoms. The summed E-state index contributed by atoms with van der Waals surface area (Å²) in [5.74, 6) is -1.21. The van der Waals surface area contributed by atoms with Gasteiger partial charge in [-0.05, 0) is 38.0 Å². The maximum atomic E-state index is 13.6. The molecule has 5 N–H and O–H groups in total. The zero-order valence-electron chi connectivity index (χ0n) is 18.2. The van der Waals surface area contributed by atoms with Crippen molar-refractivity contribution in [1.29, 1.82) is 0 Å². The number of amides is 1. The molecular weight excluding hydrogens is 408 g/mol. The van der Waals surface area contributed by atoms with E-state index in [0.29, 0.717) is 31.0 Å². The Labute approximate surface area is 180 Å². The monoisotopic (exact) mass is 439 g/mol. The highest BCUT2D eigenvalue weighted by molar-refractivity contribution is 5.96. The predicted octanol–water partition coefficient (Wildman–Crippen LogP) is 0.524. The molecule has 2 saturated heterocycles. The SMILES string of the molecule is COC[C@H](C)N/C(=N/C(=O)C1CC(C)NN1C)NC1CC(c2cc(F)cc(F)c2)NN1. The van der Waals surface area contributed by atoms with Crippen molar-refractivity contribution in [3.8, 4) is 0 Å². The van der Waals surface area contributed by atoms with Crippen LogP contribution in [0.15, 0.2) is 23.2 Å². The predicted molar refractivity (Wildman–Crippen MR) is 113 cm³/mol. The number of carbonyl (C=O) groups is 1. The molecule has 0 saturated carbocycles. The van der Waals surface area contributed by atoms with E-state index in [1.807, 2.05) is 20.9 Å². The molecule has 2 fully saturated rings. The minimum Gasteiger partial charge on any atom is -0.383 e. The van der Waals surface area contributed by atoms with E-state index in [1.54, 1.807) is 12.1 Å². The Kier molecular flexibility index (Phi) is 7.89. The first-order valence-electron chi connectivity index (χ1n) is 10.4. The van der Waals surface area contributed by atoms with Gasteiger partial charge >= 0.3 is 0 Å². The zero-order chi connectivity index (χ0) is 22.5. The fourth-order valence-electron chi connectivity index (χ4n) is 3.88. The van der Waals surface area contributed by atoms with Gasteiger partial charge in [0.15, 0.2) is 0 Å². The molecule has 11 heteroatoms. The van der Waals surface area contributed by atoms with E-state index >= 15 is 0 Å². The molecule has 2 heterocycles. The molecule has 1 amide bonds. The summed E-state index contributed by atoms with van der Waals surface area (Å²) in [6, 6.07) is 2.88. The quantitative estimate of drug-likeness (QED) is 0.323. The molecule has 4 unspecified atom stereocenters. The highest BCUT2D eigenvalue weighted by Gasteiger charge is 2.33. The normalized spacial score (nSPS) is 28.0. The average molecular weight is 440 g/mol. The number of nitrogens with zero attached hydrogens (tertiary/aromatic N) is 2. The van der Waals surface area contributed by atoms with E-state index < -0.39 is 11.6 Å². The van der Waals surface area contributed by atoms with Crippen LogP contribution in [0.5, 0.6) is 0 Å². The van der Waals surface area contributed by atoms with Gasteiger partial charge < -0.3 is 15.4 Å². The van der Waals surface area contributed by atoms with Crippen LogP contribution in [0.2, 0.25) is 0 Å². The minimum atomic E-state index is -0.625. The van der Waals surface area contributed by atoms with Gasteiger partial charge in [-0.15, -0.1) is 0 Å². The van der Waals surface area contributed by atoms with Gasteiger partial charge in [-0.2, -0.15) is 4.99 Å². The van der Waals surface area contributed by atoms with Crippen LogP contribution in [0.3, 0.4) is 0 Å². The molecule has 172 valence electrons. The van der Waals surface area contributed by atoms with Gasteiger partial charge in [0.2, 0.25) is 5.96 Å². The largest absolute Gasteiger partial charge is 0.383 e. The standard InChI is InChI=1S/C20H31F2N7O2/c1-11-5-17(29(3)28-11)19(30)25-20(23-12(2)10-31-4)24-18-9-16(26-27-18)13-6-14(21)8-15(22)7-13/h6-8,11-12,16-18,26-28H,5,9-10H2,1-4H3,(H2,23,24,25,30)/t11?,12-,16?,17?,18?/m0/s1. The van der Waals surface area contributed by atoms with Crippen LogP contribution in [0.4, 0.5) is 8.78 Å². The molecule has 3 rings (SSSR count). The third-order valence-electron chi connectivity index (χ3n) is 5.28. The highest BCUT2D eigenvalue weighted by Crippen LogP contribution is 2.23. The summed E-state index contributed by atoms with van der Waals surface area (Å²) >= 11 is 0. The van der Waals surface area contributed by atoms with E-state index in [1.165, 1.54) is 12.1 Å². The highest BCUT2D eigenvalue weighted by atomic mass is 19.1. The van der Waals surface area contributed by atoms with Crippen molar-refractivity contribution in [3.05, 3.63) is 35.4 Å². The van der Waals surface area contributed by atoms with E-state index in [-0.39, 0.29) is 36.2 Å². The van der Waals surface area contributed by atoms with Gasteiger partial charge in [-0.1, -0.05) is 0 Å². The third kappa shape index (κ3) is 6.40. The molecule has 9 nitrogen and oxygen atoms in total. The number of halogens is 2. The second kappa shape index (κ2) is 10.4. The maximum absolute atomic E-state index is 13.6. The van der Waals surface area contributed by atoms with Crippen molar-refractivity contribution >= 4 is 11.9 Å². The Bertz CT molecular complexity index is 789. The van der Waals surface area contributed by atoms with Crippen LogP contribution in [0, 0.1) is 11.6 Å². The fourth-order valence-corrected chi connectivity index (χ4v) is 3.88. The Balaban J connectivity index is 1.69. The summed E-state index contributed by atoms with van der Waals surface area (Å²) in [4.78, 5) is 17.1. The molecule has 0 aliphatic carbocycles. The molecule has 5 atom stereocenters. The number of hydrogen-bond acceptors (Lipinski definition) is 6. The number of nitrogens with one attached hydrogen (secondary N) is 5. The van der Waals surface area contributed by atoms with Gasteiger partial charge in [0.1, 0.15) is 17.7 Å². The summed E-state index contributed by atoms with van der Waals surface area (Å²) in [5, 5.41) is 8.12. The summed E-state index contributed by atoms with van der Waals surface area (Å²) < 4.78 is 32.3. The van der Waals surface area contributed by atoms with E-state index in [4.69, 9.17) is 4.74 Å². The Morgan fingerprint density at radius 2 is 2.00 bits per heavy atom. The van der Waals surface area contributed by atoms with Gasteiger partial charge in [-0.3, -0.25) is 10.2 Å². The number of benzene rings is 1. The van der Waals surface area contributed by atoms with Crippen LogP contribution < -0.4 is 26.9 Å². The lowest BCUT2D eigenvalue weighted by atomic mass is 10.0. The molecule has 31 heavy (non-hydrogen) atoms. The molecular formula is C20H31F2N7O2. The van der Waals surface area contributed by atoms with Crippen LogP contribution in [0.1, 0.15) is 38.3 Å². The fraction of sp³-hybridized carbons (Fsp3) is 0.600. The summed E-state index contributed by atoms with van der Waals surface area (Å²) in [7, 11) is 3.42. The van der Waals surface area contributed by atoms with Crippen molar-refractivity contribution < 1.29 is 18.3 Å². The van der Waals surface area contributed by atoms with Gasteiger partial charge in [0.05, 0.1) is 12.8 Å². The van der Waals surface area contributed by atoms with Crippen LogP contribution in [-0.4, -0.2) is 61.9 Å². The number of hydrogen-bond donors (Lipinski definition) is 5. The van der Waals surface area contributed by atoms with Crippen LogP contribution >= 0.6 is 0 Å². The first kappa shape index (κ1) is 23.5. The lowest BCUT2D eigenvalue weighted by Gasteiger charge is -2.22. The van der Waals surface area contributed by atoms with Crippen molar-refractivity contribution in [2.24, 2.45) is 4.99 Å². The number of aliphatic imine (C=N–C) groups is 1. The molecule has 1 aromatic rings. The average Bonchev–Trinajstić information content (AvgIpc) is 3.27. The lowest BCUT2D eigenvalue weighted by molar-refractivity contribution is -0.122. The van der Waals surface area contributed by atoms with Gasteiger partial charge in [-0.25, -0.2) is 24.6 Å². The van der Waals surface area contributed by atoms with E-state index in [0.717, 1.165) is 6.07 Å². The smallest absolute Gasteiger partial charge is 0.267 e. The number of hydrazine groups is 2. The number of likely N-dealkylation sites (N-methyl/N-ethyl adjacent to an activating group) is 1. The van der Waals surface area contributed by atoms with Crippen molar-refractivity contribution in [2.45, 2.75) is 57.0 Å². The number of guanidine groups is 1. The van der Waals surface area contributed by atoms with Gasteiger partial charge in [0, 0.05) is 44.8 Å². The van der Waals surface area contributed by atoms with Crippen LogP contribution in [0.25, 0.3) is 0 Å². The number of rotatable bonds is 6. The maximum Gasteiger partial charge on any atom is 0.267 e. The minimum absolute atomic E-state index is 0.0927. The van der Waals surface area contributed by atoms with Crippen molar-refractivity contribution in [2.75, 3.05) is 20.8 Å². The Hall–Kier alpha value is -2.18. The number of carbonyl (C=O) groups excluding carboxylic acids is 1. The van der Waals surface area contributed by atoms with Crippen molar-refractivity contribution in [1.82, 2.24) is 31.9 Å². The number of methoxy groups -OCH3 is 1. The Morgan fingerprint density at radius 3 is 2.61 bits per heavy atom. The topological polar surface area (TPSA) is 102 Å². The molecule has 1 aromatic carbocycles. The Morgan fingerprint density at radius 1 is 1.29 bits per heavy atom. The van der Waals surface area contributed by atoms with Gasteiger partial charge in [0.25, 0.3) is 5.91 Å².